The zero-order valence-electron chi connectivity index (χ0n) is 19.4. The molecule has 15 heteroatoms. The van der Waals surface area contributed by atoms with Crippen LogP contribution in [0.25, 0.3) is 22.2 Å². The van der Waals surface area contributed by atoms with Crippen molar-refractivity contribution < 1.29 is 22.0 Å². The fourth-order valence-electron chi connectivity index (χ4n) is 3.95. The Labute approximate surface area is 211 Å². The highest BCUT2D eigenvalue weighted by Crippen LogP contribution is 2.40. The van der Waals surface area contributed by atoms with Crippen molar-refractivity contribution in [3.05, 3.63) is 72.0 Å². The summed E-state index contributed by atoms with van der Waals surface area (Å²) in [5.74, 6) is -3.66. The molecule has 38 heavy (non-hydrogen) atoms. The number of hydrogen-bond acceptors (Lipinski definition) is 9. The van der Waals surface area contributed by atoms with E-state index >= 15 is 0 Å². The molecule has 1 atom stereocenters. The molecule has 0 saturated carbocycles. The molecule has 0 amide bonds. The van der Waals surface area contributed by atoms with Gasteiger partial charge in [-0.15, -0.1) is 0 Å². The van der Waals surface area contributed by atoms with E-state index < -0.39 is 29.7 Å². The van der Waals surface area contributed by atoms with E-state index in [0.717, 1.165) is 24.8 Å². The second-order valence-electron chi connectivity index (χ2n) is 7.81. The molecular formula is C23H17F5N10. The quantitative estimate of drug-likeness (QED) is 0.209. The first-order valence-electron chi connectivity index (χ1n) is 10.8. The summed E-state index contributed by atoms with van der Waals surface area (Å²) >= 11 is 0. The maximum absolute atomic E-state index is 14.1. The van der Waals surface area contributed by atoms with Crippen molar-refractivity contribution in [2.45, 2.75) is 25.6 Å². The van der Waals surface area contributed by atoms with Crippen molar-refractivity contribution in [1.29, 1.82) is 10.8 Å². The second-order valence-corrected chi connectivity index (χ2v) is 7.81. The van der Waals surface area contributed by atoms with Crippen molar-refractivity contribution in [3.8, 4) is 17.2 Å². The predicted octanol–water partition coefficient (Wildman–Crippen LogP) is 5.57. The molecule has 1 aromatic carbocycles. The third kappa shape index (κ3) is 4.59. The number of benzene rings is 1. The van der Waals surface area contributed by atoms with Gasteiger partial charge in [0.1, 0.15) is 35.3 Å². The van der Waals surface area contributed by atoms with Crippen LogP contribution in [0.1, 0.15) is 30.9 Å². The van der Waals surface area contributed by atoms with Gasteiger partial charge in [-0.25, -0.2) is 34.2 Å². The molecule has 0 aliphatic rings. The summed E-state index contributed by atoms with van der Waals surface area (Å²) in [6.45, 7) is 1.71. The zero-order chi connectivity index (χ0) is 27.6. The van der Waals surface area contributed by atoms with Crippen molar-refractivity contribution >= 4 is 22.5 Å². The number of rotatable bonds is 7. The molecule has 0 spiro atoms. The lowest BCUT2D eigenvalue weighted by Crippen LogP contribution is -2.14. The maximum atomic E-state index is 14.1. The number of halogens is 5. The van der Waals surface area contributed by atoms with Crippen LogP contribution in [0.15, 0.2) is 53.9 Å². The molecule has 0 aliphatic carbocycles. The maximum Gasteiger partial charge on any atom is 0.451 e. The number of nitriles is 1. The minimum absolute atomic E-state index is 0.00281. The number of allylic oxidation sites excluding steroid dienone is 1. The number of nitrogens with one attached hydrogen (secondary N) is 2. The number of alkyl halides is 3. The molecule has 1 unspecified atom stereocenters. The Balaban J connectivity index is 1.91. The van der Waals surface area contributed by atoms with Crippen LogP contribution in [0, 0.1) is 28.5 Å². The van der Waals surface area contributed by atoms with Gasteiger partial charge in [-0.05, 0) is 18.6 Å². The second kappa shape index (κ2) is 10.2. The van der Waals surface area contributed by atoms with E-state index in [1.54, 1.807) is 6.92 Å². The third-order valence-electron chi connectivity index (χ3n) is 5.61. The summed E-state index contributed by atoms with van der Waals surface area (Å²) in [6.07, 6.45) is -0.420. The summed E-state index contributed by atoms with van der Waals surface area (Å²) in [4.78, 5) is 14.9. The summed E-state index contributed by atoms with van der Waals surface area (Å²) in [6, 6.07) is 4.65. The normalized spacial score (nSPS) is 12.8. The van der Waals surface area contributed by atoms with Gasteiger partial charge in [0.15, 0.2) is 11.6 Å². The van der Waals surface area contributed by atoms with Crippen LogP contribution in [0.3, 0.4) is 0 Å². The molecule has 0 radical (unpaired) electrons. The van der Waals surface area contributed by atoms with E-state index in [1.165, 1.54) is 22.9 Å². The van der Waals surface area contributed by atoms with E-state index in [2.05, 4.69) is 30.4 Å². The number of hydrogen-bond donors (Lipinski definition) is 3. The molecular weight excluding hydrogens is 511 g/mol. The fraction of sp³-hybridized carbons (Fsp3) is 0.174. The number of nitrogens with two attached hydrogens (primary N) is 1. The number of anilines is 2. The minimum atomic E-state index is -4.77. The van der Waals surface area contributed by atoms with Crippen LogP contribution >= 0.6 is 0 Å². The Morgan fingerprint density at radius 1 is 1.24 bits per heavy atom. The summed E-state index contributed by atoms with van der Waals surface area (Å²) in [5.41, 5.74) is 13.7. The van der Waals surface area contributed by atoms with E-state index in [1.807, 2.05) is 6.07 Å². The molecule has 0 saturated heterocycles. The van der Waals surface area contributed by atoms with Crippen molar-refractivity contribution in [2.24, 2.45) is 5.11 Å². The Morgan fingerprint density at radius 2 is 1.95 bits per heavy atom. The van der Waals surface area contributed by atoms with Gasteiger partial charge in [-0.2, -0.15) is 23.5 Å². The van der Waals surface area contributed by atoms with E-state index in [4.69, 9.17) is 11.3 Å². The van der Waals surface area contributed by atoms with Gasteiger partial charge >= 0.3 is 6.18 Å². The van der Waals surface area contributed by atoms with Crippen LogP contribution < -0.4 is 11.1 Å². The van der Waals surface area contributed by atoms with E-state index in [9.17, 15) is 27.2 Å². The number of nitrogens with zero attached hydrogens (tertiary/aromatic N) is 7. The van der Waals surface area contributed by atoms with Crippen LogP contribution in [-0.2, 0) is 6.18 Å². The molecule has 0 fully saturated rings. The SMILES string of the molecule is CCC(/C(=C/Nc1cccc(F)c1F)N=N)n1c(C#N)c(-c2cnc(C(F)(F)F)nc2)c2c(N)ncnc21. The lowest BCUT2D eigenvalue weighted by molar-refractivity contribution is -0.144. The first kappa shape index (κ1) is 26.1. The Kier molecular flexibility index (Phi) is 6.98. The lowest BCUT2D eigenvalue weighted by Gasteiger charge is -2.19. The molecule has 4 rings (SSSR count). The molecule has 10 nitrogen and oxygen atoms in total. The van der Waals surface area contributed by atoms with Crippen molar-refractivity contribution in [1.82, 2.24) is 24.5 Å². The number of nitrogen functional groups attached to an aromatic ring is 1. The van der Waals surface area contributed by atoms with Gasteiger partial charge < -0.3 is 15.6 Å². The van der Waals surface area contributed by atoms with Gasteiger partial charge in [0.25, 0.3) is 0 Å². The fourth-order valence-corrected chi connectivity index (χ4v) is 3.95. The largest absolute Gasteiger partial charge is 0.451 e. The van der Waals surface area contributed by atoms with Crippen LogP contribution in [0.4, 0.5) is 33.5 Å². The third-order valence-corrected chi connectivity index (χ3v) is 5.61. The highest BCUT2D eigenvalue weighted by Gasteiger charge is 2.35. The van der Waals surface area contributed by atoms with Gasteiger partial charge in [-0.3, -0.25) is 0 Å². The summed E-state index contributed by atoms with van der Waals surface area (Å²) in [7, 11) is 0. The average Bonchev–Trinajstić information content (AvgIpc) is 3.23. The Morgan fingerprint density at radius 3 is 2.55 bits per heavy atom. The van der Waals surface area contributed by atoms with E-state index in [0.29, 0.717) is 0 Å². The van der Waals surface area contributed by atoms with Gasteiger partial charge in [0.05, 0.1) is 17.1 Å². The Bertz CT molecular complexity index is 1590. The highest BCUT2D eigenvalue weighted by molar-refractivity contribution is 6.03. The first-order chi connectivity index (χ1) is 18.1. The first-order valence-corrected chi connectivity index (χ1v) is 10.8. The lowest BCUT2D eigenvalue weighted by atomic mass is 10.1. The minimum Gasteiger partial charge on any atom is -0.383 e. The topological polar surface area (TPSA) is 155 Å². The van der Waals surface area contributed by atoms with Crippen LogP contribution in [-0.4, -0.2) is 24.5 Å². The smallest absolute Gasteiger partial charge is 0.383 e. The van der Waals surface area contributed by atoms with E-state index in [-0.39, 0.29) is 51.5 Å². The zero-order valence-corrected chi connectivity index (χ0v) is 19.4. The van der Waals surface area contributed by atoms with Crippen LogP contribution in [0.5, 0.6) is 0 Å². The molecule has 3 aromatic heterocycles. The molecule has 4 aromatic rings. The molecule has 194 valence electrons. The van der Waals surface area contributed by atoms with Gasteiger partial charge in [-0.1, -0.05) is 13.0 Å². The predicted molar refractivity (Wildman–Crippen MR) is 125 cm³/mol. The highest BCUT2D eigenvalue weighted by atomic mass is 19.4. The summed E-state index contributed by atoms with van der Waals surface area (Å²) < 4.78 is 68.1. The molecule has 0 aliphatic heterocycles. The van der Waals surface area contributed by atoms with Gasteiger partial charge in [0.2, 0.25) is 5.82 Å². The van der Waals surface area contributed by atoms with Crippen molar-refractivity contribution in [3.63, 3.8) is 0 Å². The van der Waals surface area contributed by atoms with Gasteiger partial charge in [0, 0.05) is 29.7 Å². The number of fused-ring (bicyclic) bond motifs is 1. The number of aromatic nitrogens is 5. The monoisotopic (exact) mass is 528 g/mol. The standard InChI is InChI=1S/C23H17F5N10/c1-2-15(14(37-31)9-32-13-5-3-4-12(24)19(13)25)38-16(6-29)17(18-20(30)35-10-36-21(18)38)11-7-33-22(34-8-11)23(26,27)28/h3-5,7-10,15,31-32H,2H2,1H3,(H2,30,35,36)/b14-9-,37-31?. The van der Waals surface area contributed by atoms with Crippen LogP contribution in [0.2, 0.25) is 0 Å². The van der Waals surface area contributed by atoms with Crippen molar-refractivity contribution in [2.75, 3.05) is 11.1 Å². The molecule has 0 bridgehead atoms. The molecule has 3 heterocycles. The average molecular weight is 528 g/mol. The summed E-state index contributed by atoms with van der Waals surface area (Å²) in [5, 5.41) is 16.4. The molecule has 4 N–H and O–H groups in total. The Hall–Kier alpha value is -5.00.